The van der Waals surface area contributed by atoms with Crippen molar-refractivity contribution < 1.29 is 9.53 Å². The summed E-state index contributed by atoms with van der Waals surface area (Å²) >= 11 is 0. The quantitative estimate of drug-likeness (QED) is 0.863. The number of carbonyl (C=O) groups excluding carboxylic acids is 1. The largest absolute Gasteiger partial charge is 0.474 e. The predicted molar refractivity (Wildman–Crippen MR) is 91.4 cm³/mol. The first-order valence-electron chi connectivity index (χ1n) is 8.29. The van der Waals surface area contributed by atoms with E-state index >= 15 is 0 Å². The third-order valence-corrected chi connectivity index (χ3v) is 4.25. The van der Waals surface area contributed by atoms with E-state index in [0.717, 1.165) is 37.9 Å². The summed E-state index contributed by atoms with van der Waals surface area (Å²) in [5.41, 5.74) is 1.24. The van der Waals surface area contributed by atoms with Crippen molar-refractivity contribution in [2.24, 2.45) is 0 Å². The van der Waals surface area contributed by atoms with Gasteiger partial charge in [-0.2, -0.15) is 5.26 Å². The first-order valence-corrected chi connectivity index (χ1v) is 8.29. The number of amides is 1. The van der Waals surface area contributed by atoms with E-state index < -0.39 is 6.10 Å². The Morgan fingerprint density at radius 2 is 1.67 bits per heavy atom. The maximum absolute atomic E-state index is 13.0. The van der Waals surface area contributed by atoms with Crippen molar-refractivity contribution in [1.82, 2.24) is 4.90 Å². The second-order valence-electron chi connectivity index (χ2n) is 5.90. The summed E-state index contributed by atoms with van der Waals surface area (Å²) in [7, 11) is 0. The molecule has 3 rings (SSSR count). The van der Waals surface area contributed by atoms with Gasteiger partial charge in [0.25, 0.3) is 5.91 Å². The third kappa shape index (κ3) is 3.57. The second-order valence-corrected chi connectivity index (χ2v) is 5.90. The molecule has 4 heteroatoms. The monoisotopic (exact) mass is 320 g/mol. The van der Waals surface area contributed by atoms with E-state index in [4.69, 9.17) is 4.74 Å². The Hall–Kier alpha value is -2.80. The first kappa shape index (κ1) is 16.1. The lowest BCUT2D eigenvalue weighted by Gasteiger charge is -2.30. The third-order valence-electron chi connectivity index (χ3n) is 4.25. The number of ether oxygens (including phenoxy) is 1. The molecule has 0 radical (unpaired) electrons. The molecule has 0 N–H and O–H groups in total. The van der Waals surface area contributed by atoms with E-state index in [0.29, 0.717) is 11.3 Å². The molecule has 0 aromatic heterocycles. The van der Waals surface area contributed by atoms with Crippen molar-refractivity contribution >= 4 is 5.91 Å². The van der Waals surface area contributed by atoms with Gasteiger partial charge in [-0.25, -0.2) is 0 Å². The SMILES string of the molecule is N#Cc1ccccc1O[C@@H](C(=O)N1CCCCC1)c1ccccc1. The minimum Gasteiger partial charge on any atom is -0.474 e. The average molecular weight is 320 g/mol. The van der Waals surface area contributed by atoms with Gasteiger partial charge in [-0.05, 0) is 31.4 Å². The zero-order valence-corrected chi connectivity index (χ0v) is 13.5. The van der Waals surface area contributed by atoms with Crippen LogP contribution in [0.3, 0.4) is 0 Å². The Bertz CT molecular complexity index is 731. The van der Waals surface area contributed by atoms with Crippen molar-refractivity contribution in [1.29, 1.82) is 5.26 Å². The van der Waals surface area contributed by atoms with Crippen LogP contribution >= 0.6 is 0 Å². The van der Waals surface area contributed by atoms with Crippen LogP contribution in [-0.2, 0) is 4.79 Å². The molecule has 0 unspecified atom stereocenters. The Labute approximate surface area is 142 Å². The average Bonchev–Trinajstić information content (AvgIpc) is 2.67. The Morgan fingerprint density at radius 3 is 2.38 bits per heavy atom. The molecule has 122 valence electrons. The molecule has 2 aromatic rings. The summed E-state index contributed by atoms with van der Waals surface area (Å²) in [6, 6.07) is 18.6. The summed E-state index contributed by atoms with van der Waals surface area (Å²) in [5.74, 6) is 0.410. The van der Waals surface area contributed by atoms with Gasteiger partial charge in [0.15, 0.2) is 0 Å². The van der Waals surface area contributed by atoms with E-state index in [2.05, 4.69) is 6.07 Å². The zero-order valence-electron chi connectivity index (χ0n) is 13.5. The zero-order chi connectivity index (χ0) is 16.8. The minimum absolute atomic E-state index is 0.0337. The molecule has 1 fully saturated rings. The number of nitriles is 1. The van der Waals surface area contributed by atoms with Gasteiger partial charge < -0.3 is 9.64 Å². The molecule has 1 atom stereocenters. The van der Waals surface area contributed by atoms with Crippen molar-refractivity contribution in [3.63, 3.8) is 0 Å². The van der Waals surface area contributed by atoms with Gasteiger partial charge in [-0.3, -0.25) is 4.79 Å². The fourth-order valence-corrected chi connectivity index (χ4v) is 2.96. The van der Waals surface area contributed by atoms with Gasteiger partial charge in [0.05, 0.1) is 5.56 Å². The van der Waals surface area contributed by atoms with E-state index in [-0.39, 0.29) is 5.91 Å². The molecule has 4 nitrogen and oxygen atoms in total. The van der Waals surface area contributed by atoms with E-state index in [1.54, 1.807) is 18.2 Å². The molecule has 0 bridgehead atoms. The van der Waals surface area contributed by atoms with Gasteiger partial charge >= 0.3 is 0 Å². The number of rotatable bonds is 4. The highest BCUT2D eigenvalue weighted by atomic mass is 16.5. The minimum atomic E-state index is -0.723. The summed E-state index contributed by atoms with van der Waals surface area (Å²) < 4.78 is 6.02. The summed E-state index contributed by atoms with van der Waals surface area (Å²) in [5, 5.41) is 9.26. The highest BCUT2D eigenvalue weighted by Crippen LogP contribution is 2.27. The Balaban J connectivity index is 1.90. The van der Waals surface area contributed by atoms with Crippen molar-refractivity contribution in [3.05, 3.63) is 65.7 Å². The highest BCUT2D eigenvalue weighted by molar-refractivity contribution is 5.83. The number of benzene rings is 2. The van der Waals surface area contributed by atoms with Crippen LogP contribution in [0.1, 0.15) is 36.5 Å². The molecule has 24 heavy (non-hydrogen) atoms. The van der Waals surface area contributed by atoms with Crippen molar-refractivity contribution in [2.45, 2.75) is 25.4 Å². The van der Waals surface area contributed by atoms with Crippen LogP contribution in [0.4, 0.5) is 0 Å². The molecule has 2 aromatic carbocycles. The van der Waals surface area contributed by atoms with Crippen LogP contribution < -0.4 is 4.74 Å². The maximum Gasteiger partial charge on any atom is 0.268 e. The van der Waals surface area contributed by atoms with Crippen LogP contribution in [0, 0.1) is 11.3 Å². The molecule has 1 amide bonds. The fraction of sp³-hybridized carbons (Fsp3) is 0.300. The van der Waals surface area contributed by atoms with Crippen LogP contribution in [0.2, 0.25) is 0 Å². The molecular weight excluding hydrogens is 300 g/mol. The number of piperidine rings is 1. The number of carbonyl (C=O) groups is 1. The lowest BCUT2D eigenvalue weighted by atomic mass is 10.1. The van der Waals surface area contributed by atoms with Crippen molar-refractivity contribution in [2.75, 3.05) is 13.1 Å². The van der Waals surface area contributed by atoms with E-state index in [1.807, 2.05) is 41.3 Å². The van der Waals surface area contributed by atoms with Gasteiger partial charge in [0.2, 0.25) is 6.10 Å². The number of hydrogen-bond acceptors (Lipinski definition) is 3. The van der Waals surface area contributed by atoms with Crippen molar-refractivity contribution in [3.8, 4) is 11.8 Å². The maximum atomic E-state index is 13.0. The standard InChI is InChI=1S/C20H20N2O2/c21-15-17-11-5-6-12-18(17)24-19(16-9-3-1-4-10-16)20(23)22-13-7-2-8-14-22/h1,3-6,9-12,19H,2,7-8,13-14H2/t19-/m1/s1. The predicted octanol–water partition coefficient (Wildman–Crippen LogP) is 3.69. The van der Waals surface area contributed by atoms with Gasteiger partial charge in [0, 0.05) is 18.7 Å². The van der Waals surface area contributed by atoms with Crippen LogP contribution in [0.15, 0.2) is 54.6 Å². The van der Waals surface area contributed by atoms with E-state index in [9.17, 15) is 10.1 Å². The Kier molecular flexibility index (Phi) is 5.12. The molecule has 0 spiro atoms. The second kappa shape index (κ2) is 7.65. The molecule has 1 heterocycles. The van der Waals surface area contributed by atoms with Gasteiger partial charge in [0.1, 0.15) is 11.8 Å². The molecule has 1 saturated heterocycles. The molecule has 1 aliphatic heterocycles. The summed E-state index contributed by atoms with van der Waals surface area (Å²) in [6.07, 6.45) is 2.50. The molecular formula is C20H20N2O2. The molecule has 1 aliphatic rings. The Morgan fingerprint density at radius 1 is 1.00 bits per heavy atom. The summed E-state index contributed by atoms with van der Waals surface area (Å²) in [4.78, 5) is 14.9. The van der Waals surface area contributed by atoms with Crippen LogP contribution in [0.5, 0.6) is 5.75 Å². The first-order chi connectivity index (χ1) is 11.8. The molecule has 0 aliphatic carbocycles. The number of nitrogens with zero attached hydrogens (tertiary/aromatic N) is 2. The fourth-order valence-electron chi connectivity index (χ4n) is 2.96. The lowest BCUT2D eigenvalue weighted by molar-refractivity contribution is -0.140. The normalized spacial score (nSPS) is 15.4. The van der Waals surface area contributed by atoms with Gasteiger partial charge in [-0.1, -0.05) is 42.5 Å². The topological polar surface area (TPSA) is 53.3 Å². The summed E-state index contributed by atoms with van der Waals surface area (Å²) in [6.45, 7) is 1.54. The number of hydrogen-bond donors (Lipinski definition) is 0. The number of para-hydroxylation sites is 1. The van der Waals surface area contributed by atoms with Gasteiger partial charge in [-0.15, -0.1) is 0 Å². The van der Waals surface area contributed by atoms with Crippen LogP contribution in [-0.4, -0.2) is 23.9 Å². The smallest absolute Gasteiger partial charge is 0.268 e. The number of likely N-dealkylation sites (tertiary alicyclic amines) is 1. The highest BCUT2D eigenvalue weighted by Gasteiger charge is 2.29. The van der Waals surface area contributed by atoms with Crippen LogP contribution in [0.25, 0.3) is 0 Å². The lowest BCUT2D eigenvalue weighted by Crippen LogP contribution is -2.40. The van der Waals surface area contributed by atoms with E-state index in [1.165, 1.54) is 0 Å². The molecule has 0 saturated carbocycles.